The van der Waals surface area contributed by atoms with E-state index in [-0.39, 0.29) is 35.9 Å². The van der Waals surface area contributed by atoms with Crippen molar-refractivity contribution in [2.75, 3.05) is 20.6 Å². The topological polar surface area (TPSA) is 79.4 Å². The van der Waals surface area contributed by atoms with Gasteiger partial charge in [0.1, 0.15) is 5.78 Å². The normalized spacial score (nSPS) is 14.0. The third kappa shape index (κ3) is 9.41. The molecule has 0 aliphatic heterocycles. The zero-order valence-electron chi connectivity index (χ0n) is 22.2. The van der Waals surface area contributed by atoms with E-state index >= 15 is 0 Å². The van der Waals surface area contributed by atoms with Crippen LogP contribution in [0, 0.1) is 11.8 Å². The maximum absolute atomic E-state index is 13.5. The Kier molecular flexibility index (Phi) is 12.2. The molecule has 0 spiro atoms. The van der Waals surface area contributed by atoms with Crippen LogP contribution in [-0.2, 0) is 20.8 Å². The first kappa shape index (κ1) is 30.1. The zero-order valence-corrected chi connectivity index (χ0v) is 23.8. The molecule has 1 N–H and O–H groups in total. The summed E-state index contributed by atoms with van der Waals surface area (Å²) in [6, 6.07) is 5.38. The fourth-order valence-corrected chi connectivity index (χ4v) is 5.50. The summed E-state index contributed by atoms with van der Waals surface area (Å²) in [5, 5.41) is 4.64. The number of thiazole rings is 1. The highest BCUT2D eigenvalue weighted by molar-refractivity contribution is 7.18. The molecule has 0 aliphatic carbocycles. The van der Waals surface area contributed by atoms with Crippen molar-refractivity contribution >= 4 is 50.6 Å². The van der Waals surface area contributed by atoms with Crippen LogP contribution in [0.5, 0.6) is 0 Å². The maximum Gasteiger partial charge on any atom is 0.224 e. The molecule has 0 fully saturated rings. The minimum absolute atomic E-state index is 0.0223. The van der Waals surface area contributed by atoms with Gasteiger partial charge in [0.2, 0.25) is 5.91 Å². The van der Waals surface area contributed by atoms with Crippen LogP contribution < -0.4 is 5.32 Å². The minimum Gasteiger partial charge on any atom is -0.353 e. The van der Waals surface area contributed by atoms with Crippen molar-refractivity contribution in [2.45, 2.75) is 71.8 Å². The number of fused-ring (bicyclic) bond motifs is 1. The summed E-state index contributed by atoms with van der Waals surface area (Å²) in [5.74, 6) is -0.362. The largest absolute Gasteiger partial charge is 0.353 e. The predicted molar refractivity (Wildman–Crippen MR) is 150 cm³/mol. The lowest BCUT2D eigenvalue weighted by molar-refractivity contribution is -0.130. The van der Waals surface area contributed by atoms with Crippen molar-refractivity contribution in [1.82, 2.24) is 15.2 Å². The molecule has 1 amide bonds. The quantitative estimate of drug-likeness (QED) is 0.273. The molecule has 2 rings (SSSR count). The summed E-state index contributed by atoms with van der Waals surface area (Å²) >= 11 is 7.63. The van der Waals surface area contributed by atoms with Crippen LogP contribution >= 0.6 is 22.9 Å². The molecule has 36 heavy (non-hydrogen) atoms. The predicted octanol–water partition coefficient (Wildman–Crippen LogP) is 5.87. The monoisotopic (exact) mass is 533 g/mol. The highest BCUT2D eigenvalue weighted by Crippen LogP contribution is 2.28. The molecule has 1 aromatic heterocycles. The van der Waals surface area contributed by atoms with Crippen molar-refractivity contribution in [2.24, 2.45) is 11.8 Å². The van der Waals surface area contributed by atoms with Gasteiger partial charge in [0, 0.05) is 48.9 Å². The van der Waals surface area contributed by atoms with E-state index in [2.05, 4.69) is 30.7 Å². The number of Topliss-reactive ketones (excluding diaryl/α,β-unsaturated/α-hetero) is 2. The van der Waals surface area contributed by atoms with Crippen LogP contribution in [0.25, 0.3) is 10.2 Å². The lowest BCUT2D eigenvalue weighted by atomic mass is 9.91. The van der Waals surface area contributed by atoms with E-state index in [1.165, 1.54) is 11.3 Å². The van der Waals surface area contributed by atoms with Gasteiger partial charge in [-0.05, 0) is 51.1 Å². The molecule has 0 saturated carbocycles. The van der Waals surface area contributed by atoms with Crippen LogP contribution in [0.1, 0.15) is 64.3 Å². The van der Waals surface area contributed by atoms with Gasteiger partial charge in [-0.3, -0.25) is 14.4 Å². The van der Waals surface area contributed by atoms with E-state index in [0.29, 0.717) is 42.8 Å². The molecule has 3 atom stereocenters. The minimum atomic E-state index is -0.508. The van der Waals surface area contributed by atoms with E-state index in [1.54, 1.807) is 6.07 Å². The first-order valence-corrected chi connectivity index (χ1v) is 14.0. The number of rotatable bonds is 16. The number of aromatic nitrogens is 1. The Labute approximate surface area is 224 Å². The Bertz CT molecular complexity index is 1070. The Morgan fingerprint density at radius 1 is 1.19 bits per heavy atom. The van der Waals surface area contributed by atoms with E-state index in [4.69, 9.17) is 11.6 Å². The van der Waals surface area contributed by atoms with Gasteiger partial charge in [-0.15, -0.1) is 11.3 Å². The summed E-state index contributed by atoms with van der Waals surface area (Å²) in [6.07, 6.45) is 3.53. The van der Waals surface area contributed by atoms with Crippen molar-refractivity contribution < 1.29 is 14.4 Å². The number of hydrogen-bond acceptors (Lipinski definition) is 6. The van der Waals surface area contributed by atoms with Crippen LogP contribution in [0.2, 0.25) is 5.02 Å². The Hall–Kier alpha value is -2.09. The van der Waals surface area contributed by atoms with Crippen molar-refractivity contribution in [3.05, 3.63) is 40.4 Å². The van der Waals surface area contributed by atoms with Crippen molar-refractivity contribution in [1.29, 1.82) is 0 Å². The fraction of sp³-hybridized carbons (Fsp3) is 0.571. The lowest BCUT2D eigenvalue weighted by Gasteiger charge is -2.27. The second-order valence-electron chi connectivity index (χ2n) is 9.92. The summed E-state index contributed by atoms with van der Waals surface area (Å²) in [4.78, 5) is 45.2. The highest BCUT2D eigenvalue weighted by Gasteiger charge is 2.28. The van der Waals surface area contributed by atoms with Crippen LogP contribution in [0.15, 0.2) is 30.4 Å². The van der Waals surface area contributed by atoms with E-state index in [1.807, 2.05) is 38.1 Å². The first-order valence-electron chi connectivity index (χ1n) is 12.8. The molecule has 1 aromatic carbocycles. The highest BCUT2D eigenvalue weighted by atomic mass is 35.5. The van der Waals surface area contributed by atoms with Gasteiger partial charge >= 0.3 is 0 Å². The molecule has 0 bridgehead atoms. The van der Waals surface area contributed by atoms with E-state index < -0.39 is 5.92 Å². The average Bonchev–Trinajstić information content (AvgIpc) is 3.21. The van der Waals surface area contributed by atoms with Gasteiger partial charge < -0.3 is 10.2 Å². The molecular formula is C28H40ClN3O3S. The van der Waals surface area contributed by atoms with Gasteiger partial charge in [-0.2, -0.15) is 0 Å². The maximum atomic E-state index is 13.5. The van der Waals surface area contributed by atoms with Gasteiger partial charge in [-0.25, -0.2) is 4.98 Å². The molecule has 2 aromatic rings. The van der Waals surface area contributed by atoms with E-state index in [0.717, 1.165) is 28.1 Å². The van der Waals surface area contributed by atoms with Crippen LogP contribution in [0.4, 0.5) is 0 Å². The molecule has 198 valence electrons. The number of nitrogens with zero attached hydrogens (tertiary/aromatic N) is 2. The standard InChI is InChI=1S/C28H40ClN3O3S/c1-7-9-22(33)14-20(15-27-30-24-11-10-21(29)16-26(24)36-27)28(35)31-23(18(3)8-2)12-13-25(34)19(4)17-32(5)6/h10-11,16,18,20,23H,4,7-9,12-15,17H2,1-3,5-6H3,(H,31,35)/t18-,20-,23+/m0/s1. The summed E-state index contributed by atoms with van der Waals surface area (Å²) in [5.41, 5.74) is 1.42. The van der Waals surface area contributed by atoms with Gasteiger partial charge in [0.05, 0.1) is 21.1 Å². The van der Waals surface area contributed by atoms with Crippen LogP contribution in [-0.4, -0.2) is 54.0 Å². The molecular weight excluding hydrogens is 494 g/mol. The van der Waals surface area contributed by atoms with Gasteiger partial charge in [-0.1, -0.05) is 45.4 Å². The van der Waals surface area contributed by atoms with Gasteiger partial charge in [0.25, 0.3) is 0 Å². The molecule has 0 aliphatic rings. The van der Waals surface area contributed by atoms with E-state index in [9.17, 15) is 14.4 Å². The summed E-state index contributed by atoms with van der Waals surface area (Å²) in [6.45, 7) is 10.6. The number of carbonyl (C=O) groups is 3. The third-order valence-electron chi connectivity index (χ3n) is 6.43. The fourth-order valence-electron chi connectivity index (χ4n) is 4.17. The number of halogens is 1. The molecule has 0 saturated heterocycles. The molecule has 8 heteroatoms. The number of likely N-dealkylation sites (N-methyl/N-ethyl adjacent to an activating group) is 1. The molecule has 0 radical (unpaired) electrons. The Morgan fingerprint density at radius 2 is 1.92 bits per heavy atom. The number of nitrogens with one attached hydrogen (secondary N) is 1. The van der Waals surface area contributed by atoms with Crippen molar-refractivity contribution in [3.8, 4) is 0 Å². The first-order chi connectivity index (χ1) is 17.0. The molecule has 1 heterocycles. The molecule has 6 nitrogen and oxygen atoms in total. The average molecular weight is 534 g/mol. The number of benzene rings is 1. The van der Waals surface area contributed by atoms with Crippen molar-refractivity contribution in [3.63, 3.8) is 0 Å². The molecule has 0 unspecified atom stereocenters. The second-order valence-corrected chi connectivity index (χ2v) is 11.5. The summed E-state index contributed by atoms with van der Waals surface area (Å²) < 4.78 is 0.963. The lowest BCUT2D eigenvalue weighted by Crippen LogP contribution is -2.43. The second kappa shape index (κ2) is 14.6. The third-order valence-corrected chi connectivity index (χ3v) is 7.71. The zero-order chi connectivity index (χ0) is 26.8. The summed E-state index contributed by atoms with van der Waals surface area (Å²) in [7, 11) is 3.81. The number of amides is 1. The number of carbonyl (C=O) groups excluding carboxylic acids is 3. The Morgan fingerprint density at radius 3 is 2.56 bits per heavy atom. The number of hydrogen-bond donors (Lipinski definition) is 1. The smallest absolute Gasteiger partial charge is 0.224 e. The Balaban J connectivity index is 2.16. The van der Waals surface area contributed by atoms with Gasteiger partial charge in [0.15, 0.2) is 5.78 Å². The SMILES string of the molecule is C=C(CN(C)C)C(=O)CC[C@@H](NC(=O)[C@@H](CC(=O)CCC)Cc1nc2ccc(Cl)cc2s1)[C@@H](C)CC. The number of ketones is 2. The van der Waals surface area contributed by atoms with Crippen LogP contribution in [0.3, 0.4) is 0 Å².